The standard InChI is InChI=1S/C11H17N3OS/c1-11(2,3)16-7-8-5-4-6-9(13-8)10(15)14-12/h4-6H,7,12H2,1-3H3,(H,14,15). The molecule has 1 heterocycles. The monoisotopic (exact) mass is 239 g/mol. The van der Waals surface area contributed by atoms with Crippen molar-refractivity contribution in [1.82, 2.24) is 10.4 Å². The van der Waals surface area contributed by atoms with E-state index in [1.165, 1.54) is 0 Å². The normalized spacial score (nSPS) is 11.2. The average Bonchev–Trinajstić information content (AvgIpc) is 2.25. The lowest BCUT2D eigenvalue weighted by molar-refractivity contribution is 0.0948. The molecular formula is C11H17N3OS. The minimum Gasteiger partial charge on any atom is -0.289 e. The molecule has 0 aliphatic heterocycles. The van der Waals surface area contributed by atoms with Gasteiger partial charge in [-0.1, -0.05) is 26.8 Å². The topological polar surface area (TPSA) is 68.0 Å². The Bertz CT molecular complexity index is 374. The van der Waals surface area contributed by atoms with E-state index in [1.54, 1.807) is 17.8 Å². The van der Waals surface area contributed by atoms with E-state index in [0.29, 0.717) is 5.69 Å². The molecular weight excluding hydrogens is 222 g/mol. The smallest absolute Gasteiger partial charge is 0.283 e. The van der Waals surface area contributed by atoms with Crippen LogP contribution in [0.5, 0.6) is 0 Å². The number of hydrazine groups is 1. The summed E-state index contributed by atoms with van der Waals surface area (Å²) in [5, 5.41) is 0. The summed E-state index contributed by atoms with van der Waals surface area (Å²) < 4.78 is 0.188. The Labute approximate surface area is 100.0 Å². The number of nitrogens with two attached hydrogens (primary N) is 1. The van der Waals surface area contributed by atoms with Crippen LogP contribution in [0.1, 0.15) is 37.0 Å². The van der Waals surface area contributed by atoms with Gasteiger partial charge in [-0.25, -0.2) is 10.8 Å². The number of carbonyl (C=O) groups is 1. The predicted molar refractivity (Wildman–Crippen MR) is 66.9 cm³/mol. The Balaban J connectivity index is 2.71. The van der Waals surface area contributed by atoms with Crippen molar-refractivity contribution in [2.24, 2.45) is 5.84 Å². The quantitative estimate of drug-likeness (QED) is 0.479. The van der Waals surface area contributed by atoms with E-state index in [1.807, 2.05) is 12.1 Å². The molecule has 0 radical (unpaired) electrons. The molecule has 0 atom stereocenters. The lowest BCUT2D eigenvalue weighted by Crippen LogP contribution is -2.30. The molecule has 0 bridgehead atoms. The Morgan fingerprint density at radius 3 is 2.75 bits per heavy atom. The molecule has 3 N–H and O–H groups in total. The van der Waals surface area contributed by atoms with Gasteiger partial charge in [-0.2, -0.15) is 0 Å². The number of rotatable bonds is 3. The number of nitrogen functional groups attached to an aromatic ring is 1. The highest BCUT2D eigenvalue weighted by Gasteiger charge is 2.12. The van der Waals surface area contributed by atoms with Crippen LogP contribution < -0.4 is 11.3 Å². The van der Waals surface area contributed by atoms with Gasteiger partial charge in [0.25, 0.3) is 5.91 Å². The highest BCUT2D eigenvalue weighted by Crippen LogP contribution is 2.26. The van der Waals surface area contributed by atoms with Crippen molar-refractivity contribution in [3.8, 4) is 0 Å². The molecule has 0 aromatic carbocycles. The van der Waals surface area contributed by atoms with E-state index in [9.17, 15) is 4.79 Å². The van der Waals surface area contributed by atoms with Gasteiger partial charge in [0.1, 0.15) is 5.69 Å². The molecule has 0 aliphatic carbocycles. The second-order valence-corrected chi connectivity index (χ2v) is 6.19. The summed E-state index contributed by atoms with van der Waals surface area (Å²) >= 11 is 1.79. The molecule has 1 aromatic rings. The molecule has 0 aliphatic rings. The highest BCUT2D eigenvalue weighted by atomic mass is 32.2. The van der Waals surface area contributed by atoms with Crippen LogP contribution >= 0.6 is 11.8 Å². The maximum absolute atomic E-state index is 11.3. The van der Waals surface area contributed by atoms with Gasteiger partial charge in [0.15, 0.2) is 0 Å². The lowest BCUT2D eigenvalue weighted by Gasteiger charge is -2.17. The minimum atomic E-state index is -0.359. The molecule has 0 saturated carbocycles. The Kier molecular flexibility index (Phi) is 4.32. The predicted octanol–water partition coefficient (Wildman–Crippen LogP) is 1.72. The summed E-state index contributed by atoms with van der Waals surface area (Å²) in [6, 6.07) is 5.37. The fraction of sp³-hybridized carbons (Fsp3) is 0.455. The molecule has 1 amide bonds. The number of aromatic nitrogens is 1. The van der Waals surface area contributed by atoms with Gasteiger partial charge in [0.2, 0.25) is 0 Å². The van der Waals surface area contributed by atoms with Crippen molar-refractivity contribution in [2.45, 2.75) is 31.3 Å². The van der Waals surface area contributed by atoms with Gasteiger partial charge in [-0.15, -0.1) is 11.8 Å². The number of pyridine rings is 1. The van der Waals surface area contributed by atoms with Gasteiger partial charge < -0.3 is 0 Å². The number of hydrogen-bond donors (Lipinski definition) is 2. The number of amides is 1. The third-order valence-electron chi connectivity index (χ3n) is 1.82. The average molecular weight is 239 g/mol. The van der Waals surface area contributed by atoms with E-state index in [-0.39, 0.29) is 10.7 Å². The summed E-state index contributed by atoms with van der Waals surface area (Å²) in [5.74, 6) is 5.48. The first kappa shape index (κ1) is 13.0. The van der Waals surface area contributed by atoms with E-state index >= 15 is 0 Å². The number of carbonyl (C=O) groups excluding carboxylic acids is 1. The summed E-state index contributed by atoms with van der Waals surface area (Å²) in [4.78, 5) is 15.5. The Hall–Kier alpha value is -1.07. The molecule has 0 unspecified atom stereocenters. The largest absolute Gasteiger partial charge is 0.289 e. The third kappa shape index (κ3) is 4.20. The number of hydrogen-bond acceptors (Lipinski definition) is 4. The van der Waals surface area contributed by atoms with Crippen LogP contribution in [-0.4, -0.2) is 15.6 Å². The minimum absolute atomic E-state index is 0.188. The Morgan fingerprint density at radius 1 is 1.50 bits per heavy atom. The van der Waals surface area contributed by atoms with E-state index < -0.39 is 0 Å². The first-order valence-electron chi connectivity index (χ1n) is 5.03. The maximum Gasteiger partial charge on any atom is 0.283 e. The maximum atomic E-state index is 11.3. The summed E-state index contributed by atoms with van der Waals surface area (Å²) in [5.41, 5.74) is 3.32. The van der Waals surface area contributed by atoms with Crippen LogP contribution in [0.25, 0.3) is 0 Å². The van der Waals surface area contributed by atoms with Gasteiger partial charge in [-0.05, 0) is 12.1 Å². The molecule has 0 saturated heterocycles. The number of nitrogens with one attached hydrogen (secondary N) is 1. The molecule has 4 nitrogen and oxygen atoms in total. The SMILES string of the molecule is CC(C)(C)SCc1cccc(C(=O)NN)n1. The fourth-order valence-corrected chi connectivity index (χ4v) is 1.79. The van der Waals surface area contributed by atoms with Crippen molar-refractivity contribution in [3.05, 3.63) is 29.6 Å². The molecule has 0 fully saturated rings. The number of nitrogens with zero attached hydrogens (tertiary/aromatic N) is 1. The van der Waals surface area contributed by atoms with Gasteiger partial charge >= 0.3 is 0 Å². The van der Waals surface area contributed by atoms with Crippen LogP contribution in [0.2, 0.25) is 0 Å². The molecule has 88 valence electrons. The van der Waals surface area contributed by atoms with E-state index in [2.05, 4.69) is 31.2 Å². The second-order valence-electron chi connectivity index (χ2n) is 4.39. The third-order valence-corrected chi connectivity index (χ3v) is 3.13. The zero-order chi connectivity index (χ0) is 12.2. The fourth-order valence-electron chi connectivity index (χ4n) is 1.05. The molecule has 1 aromatic heterocycles. The first-order chi connectivity index (χ1) is 7.42. The van der Waals surface area contributed by atoms with Crippen LogP contribution in [0.4, 0.5) is 0 Å². The molecule has 1 rings (SSSR count). The lowest BCUT2D eigenvalue weighted by atomic mass is 10.3. The van der Waals surface area contributed by atoms with E-state index in [0.717, 1.165) is 11.4 Å². The van der Waals surface area contributed by atoms with Crippen LogP contribution in [0, 0.1) is 0 Å². The van der Waals surface area contributed by atoms with Crippen molar-refractivity contribution < 1.29 is 4.79 Å². The zero-order valence-corrected chi connectivity index (χ0v) is 10.6. The summed E-state index contributed by atoms with van der Waals surface area (Å²) in [6.45, 7) is 6.44. The molecule has 0 spiro atoms. The summed E-state index contributed by atoms with van der Waals surface area (Å²) in [6.07, 6.45) is 0. The number of thioether (sulfide) groups is 1. The highest BCUT2D eigenvalue weighted by molar-refractivity contribution is 7.99. The zero-order valence-electron chi connectivity index (χ0n) is 9.78. The molecule has 5 heteroatoms. The van der Waals surface area contributed by atoms with Crippen molar-refractivity contribution in [3.63, 3.8) is 0 Å². The van der Waals surface area contributed by atoms with Gasteiger partial charge in [0.05, 0.1) is 5.69 Å². The first-order valence-corrected chi connectivity index (χ1v) is 6.02. The van der Waals surface area contributed by atoms with Crippen molar-refractivity contribution >= 4 is 17.7 Å². The summed E-state index contributed by atoms with van der Waals surface area (Å²) in [7, 11) is 0. The van der Waals surface area contributed by atoms with Crippen molar-refractivity contribution in [1.29, 1.82) is 0 Å². The van der Waals surface area contributed by atoms with Crippen LogP contribution in [0.3, 0.4) is 0 Å². The van der Waals surface area contributed by atoms with Crippen molar-refractivity contribution in [2.75, 3.05) is 0 Å². The van der Waals surface area contributed by atoms with Gasteiger partial charge in [-0.3, -0.25) is 10.2 Å². The van der Waals surface area contributed by atoms with Crippen LogP contribution in [0.15, 0.2) is 18.2 Å². The molecule has 16 heavy (non-hydrogen) atoms. The van der Waals surface area contributed by atoms with Gasteiger partial charge in [0, 0.05) is 10.5 Å². The Morgan fingerprint density at radius 2 is 2.19 bits per heavy atom. The second kappa shape index (κ2) is 5.32. The van der Waals surface area contributed by atoms with E-state index in [4.69, 9.17) is 5.84 Å². The van der Waals surface area contributed by atoms with Crippen LogP contribution in [-0.2, 0) is 5.75 Å².